The molecule has 0 atom stereocenters. The second-order valence-electron chi connectivity index (χ2n) is 4.76. The quantitative estimate of drug-likeness (QED) is 0.737. The Morgan fingerprint density at radius 2 is 1.65 bits per heavy atom. The van der Waals surface area contributed by atoms with Crippen LogP contribution < -0.4 is 20.9 Å². The summed E-state index contributed by atoms with van der Waals surface area (Å²) >= 11 is 0. The average Bonchev–Trinajstić information content (AvgIpc) is 2.61. The molecule has 3 N–H and O–H groups in total. The summed E-state index contributed by atoms with van der Waals surface area (Å²) in [6.07, 6.45) is 0.629. The summed E-state index contributed by atoms with van der Waals surface area (Å²) in [6.45, 7) is 0.424. The number of amides is 3. The molecule has 0 aromatic heterocycles. The summed E-state index contributed by atoms with van der Waals surface area (Å²) < 4.78 is 5.25. The Morgan fingerprint density at radius 3 is 2.39 bits per heavy atom. The molecule has 6 nitrogen and oxygen atoms in total. The van der Waals surface area contributed by atoms with E-state index in [0.29, 0.717) is 18.5 Å². The highest BCUT2D eigenvalue weighted by Gasteiger charge is 2.06. The molecule has 23 heavy (non-hydrogen) atoms. The highest BCUT2D eigenvalue weighted by Crippen LogP contribution is 2.17. The molecular weight excluding hydrogens is 294 g/mol. The van der Waals surface area contributed by atoms with E-state index in [1.165, 1.54) is 0 Å². The zero-order valence-corrected chi connectivity index (χ0v) is 12.8. The van der Waals surface area contributed by atoms with E-state index in [4.69, 9.17) is 4.74 Å². The zero-order chi connectivity index (χ0) is 16.5. The molecule has 0 saturated heterocycles. The number of urea groups is 1. The van der Waals surface area contributed by atoms with Gasteiger partial charge in [0.05, 0.1) is 7.11 Å². The molecule has 0 radical (unpaired) electrons. The fourth-order valence-corrected chi connectivity index (χ4v) is 2.04. The van der Waals surface area contributed by atoms with Gasteiger partial charge in [-0.25, -0.2) is 10.2 Å². The SMILES string of the molecule is COc1ccccc1CCNC(=O)NNC(=O)c1ccccc1. The Kier molecular flexibility index (Phi) is 5.99. The van der Waals surface area contributed by atoms with Crippen molar-refractivity contribution in [3.05, 3.63) is 65.7 Å². The Balaban J connectivity index is 1.72. The molecular formula is C17H19N3O3. The van der Waals surface area contributed by atoms with Gasteiger partial charge in [-0.05, 0) is 30.2 Å². The number of carbonyl (C=O) groups excluding carboxylic acids is 2. The van der Waals surface area contributed by atoms with Gasteiger partial charge in [0.1, 0.15) is 5.75 Å². The van der Waals surface area contributed by atoms with Crippen LogP contribution in [0.2, 0.25) is 0 Å². The summed E-state index contributed by atoms with van der Waals surface area (Å²) in [4.78, 5) is 23.4. The minimum Gasteiger partial charge on any atom is -0.496 e. The Bertz CT molecular complexity index is 659. The number of rotatable bonds is 5. The van der Waals surface area contributed by atoms with E-state index >= 15 is 0 Å². The molecule has 2 aromatic carbocycles. The van der Waals surface area contributed by atoms with E-state index in [2.05, 4.69) is 16.2 Å². The lowest BCUT2D eigenvalue weighted by Crippen LogP contribution is -2.47. The third-order valence-electron chi connectivity index (χ3n) is 3.20. The summed E-state index contributed by atoms with van der Waals surface area (Å²) in [5, 5.41) is 2.67. The maximum Gasteiger partial charge on any atom is 0.333 e. The van der Waals surface area contributed by atoms with Crippen LogP contribution in [0.15, 0.2) is 54.6 Å². The van der Waals surface area contributed by atoms with Gasteiger partial charge < -0.3 is 10.1 Å². The number of hydrogen-bond donors (Lipinski definition) is 3. The van der Waals surface area contributed by atoms with Gasteiger partial charge in [0.25, 0.3) is 5.91 Å². The minimum atomic E-state index is -0.468. The van der Waals surface area contributed by atoms with Crippen LogP contribution in [0.5, 0.6) is 5.75 Å². The monoisotopic (exact) mass is 313 g/mol. The van der Waals surface area contributed by atoms with Crippen molar-refractivity contribution in [2.24, 2.45) is 0 Å². The van der Waals surface area contributed by atoms with Gasteiger partial charge in [0.2, 0.25) is 0 Å². The van der Waals surface area contributed by atoms with Gasteiger partial charge >= 0.3 is 6.03 Å². The predicted molar refractivity (Wildman–Crippen MR) is 87.1 cm³/mol. The lowest BCUT2D eigenvalue weighted by molar-refractivity contribution is 0.0936. The van der Waals surface area contributed by atoms with Crippen molar-refractivity contribution in [2.45, 2.75) is 6.42 Å². The summed E-state index contributed by atoms with van der Waals surface area (Å²) in [5.41, 5.74) is 6.14. The maximum atomic E-state index is 11.8. The first-order valence-electron chi connectivity index (χ1n) is 7.22. The topological polar surface area (TPSA) is 79.5 Å². The number of methoxy groups -OCH3 is 1. The molecule has 2 rings (SSSR count). The minimum absolute atomic E-state index is 0.370. The zero-order valence-electron chi connectivity index (χ0n) is 12.8. The fourth-order valence-electron chi connectivity index (χ4n) is 2.04. The molecule has 0 spiro atoms. The van der Waals surface area contributed by atoms with Crippen LogP contribution in [-0.2, 0) is 6.42 Å². The Hall–Kier alpha value is -3.02. The number of nitrogens with one attached hydrogen (secondary N) is 3. The maximum absolute atomic E-state index is 11.8. The summed E-state index contributed by atoms with van der Waals surface area (Å²) in [7, 11) is 1.61. The Morgan fingerprint density at radius 1 is 0.957 bits per heavy atom. The average molecular weight is 313 g/mol. The lowest BCUT2D eigenvalue weighted by Gasteiger charge is -2.10. The fraction of sp³-hybridized carbons (Fsp3) is 0.176. The molecule has 0 aliphatic carbocycles. The molecule has 0 saturated carbocycles. The predicted octanol–water partition coefficient (Wildman–Crippen LogP) is 1.88. The molecule has 0 aliphatic heterocycles. The van der Waals surface area contributed by atoms with Crippen molar-refractivity contribution in [1.29, 1.82) is 0 Å². The van der Waals surface area contributed by atoms with Gasteiger partial charge in [0.15, 0.2) is 0 Å². The molecule has 0 aliphatic rings. The van der Waals surface area contributed by atoms with Crippen LogP contribution in [0.3, 0.4) is 0 Å². The van der Waals surface area contributed by atoms with Crippen molar-refractivity contribution in [3.63, 3.8) is 0 Å². The second-order valence-corrected chi connectivity index (χ2v) is 4.76. The highest BCUT2D eigenvalue weighted by atomic mass is 16.5. The van der Waals surface area contributed by atoms with Crippen LogP contribution in [0, 0.1) is 0 Å². The van der Waals surface area contributed by atoms with Gasteiger partial charge in [-0.15, -0.1) is 0 Å². The smallest absolute Gasteiger partial charge is 0.333 e. The van der Waals surface area contributed by atoms with E-state index in [0.717, 1.165) is 11.3 Å². The van der Waals surface area contributed by atoms with E-state index < -0.39 is 6.03 Å². The first-order valence-corrected chi connectivity index (χ1v) is 7.22. The first-order chi connectivity index (χ1) is 11.2. The van der Waals surface area contributed by atoms with Crippen LogP contribution in [0.4, 0.5) is 4.79 Å². The van der Waals surface area contributed by atoms with Crippen molar-refractivity contribution in [3.8, 4) is 5.75 Å². The molecule has 0 unspecified atom stereocenters. The summed E-state index contributed by atoms with van der Waals surface area (Å²) in [6, 6.07) is 15.8. The number of ether oxygens (including phenoxy) is 1. The largest absolute Gasteiger partial charge is 0.496 e. The van der Waals surface area contributed by atoms with Crippen LogP contribution in [-0.4, -0.2) is 25.6 Å². The number of hydrogen-bond acceptors (Lipinski definition) is 3. The van der Waals surface area contributed by atoms with E-state index in [1.54, 1.807) is 31.4 Å². The molecule has 0 heterocycles. The second kappa shape index (κ2) is 8.43. The third-order valence-corrected chi connectivity index (χ3v) is 3.20. The van der Waals surface area contributed by atoms with Crippen molar-refractivity contribution in [1.82, 2.24) is 16.2 Å². The van der Waals surface area contributed by atoms with Crippen LogP contribution >= 0.6 is 0 Å². The van der Waals surface area contributed by atoms with Crippen LogP contribution in [0.25, 0.3) is 0 Å². The van der Waals surface area contributed by atoms with Gasteiger partial charge in [-0.3, -0.25) is 10.2 Å². The van der Waals surface area contributed by atoms with E-state index in [9.17, 15) is 9.59 Å². The standard InChI is InChI=1S/C17H19N3O3/c1-23-15-10-6-5-7-13(15)11-12-18-17(22)20-19-16(21)14-8-3-2-4-9-14/h2-10H,11-12H2,1H3,(H,19,21)(H2,18,20,22). The van der Waals surface area contributed by atoms with E-state index in [-0.39, 0.29) is 5.91 Å². The molecule has 3 amide bonds. The molecule has 2 aromatic rings. The molecule has 6 heteroatoms. The number of carbonyl (C=O) groups is 2. The summed E-state index contributed by atoms with van der Waals surface area (Å²) in [5.74, 6) is 0.414. The van der Waals surface area contributed by atoms with Crippen molar-refractivity contribution in [2.75, 3.05) is 13.7 Å². The van der Waals surface area contributed by atoms with Gasteiger partial charge in [0, 0.05) is 12.1 Å². The molecule has 0 bridgehead atoms. The van der Waals surface area contributed by atoms with Crippen molar-refractivity contribution < 1.29 is 14.3 Å². The number of para-hydroxylation sites is 1. The van der Waals surface area contributed by atoms with Gasteiger partial charge in [-0.1, -0.05) is 36.4 Å². The van der Waals surface area contributed by atoms with Gasteiger partial charge in [-0.2, -0.15) is 0 Å². The molecule has 0 fully saturated rings. The van der Waals surface area contributed by atoms with Crippen molar-refractivity contribution >= 4 is 11.9 Å². The molecule has 120 valence electrons. The normalized spacial score (nSPS) is 9.78. The highest BCUT2D eigenvalue weighted by molar-refractivity contribution is 5.95. The lowest BCUT2D eigenvalue weighted by atomic mass is 10.1. The third kappa shape index (κ3) is 5.03. The van der Waals surface area contributed by atoms with Crippen LogP contribution in [0.1, 0.15) is 15.9 Å². The first kappa shape index (κ1) is 16.4. The number of benzene rings is 2. The Labute approximate surface area is 134 Å². The van der Waals surface area contributed by atoms with E-state index in [1.807, 2.05) is 30.3 Å². The number of hydrazine groups is 1.